The average Bonchev–Trinajstić information content (AvgIpc) is 3.26. The second-order valence-corrected chi connectivity index (χ2v) is 17.1. The molecule has 0 aromatic heterocycles. The third-order valence-electron chi connectivity index (χ3n) is 11.0. The quantitative estimate of drug-likeness (QED) is 0.0263. The zero-order valence-electron chi connectivity index (χ0n) is 40.2. The van der Waals surface area contributed by atoms with E-state index >= 15 is 0 Å². The van der Waals surface area contributed by atoms with Gasteiger partial charge in [-0.2, -0.15) is 0 Å². The van der Waals surface area contributed by atoms with Crippen molar-refractivity contribution < 1.29 is 28.6 Å². The Labute approximate surface area is 377 Å². The van der Waals surface area contributed by atoms with Crippen LogP contribution in [0, 0.1) is 0 Å². The van der Waals surface area contributed by atoms with Gasteiger partial charge in [0.15, 0.2) is 6.10 Å². The summed E-state index contributed by atoms with van der Waals surface area (Å²) in [7, 11) is 0. The molecule has 0 N–H and O–H groups in total. The second kappa shape index (κ2) is 49.8. The van der Waals surface area contributed by atoms with Crippen molar-refractivity contribution in [1.29, 1.82) is 0 Å². The lowest BCUT2D eigenvalue weighted by Gasteiger charge is -2.18. The highest BCUT2D eigenvalue weighted by molar-refractivity contribution is 5.71. The largest absolute Gasteiger partial charge is 0.462 e. The number of rotatable bonds is 46. The molecule has 0 aliphatic carbocycles. The first kappa shape index (κ1) is 58.1. The van der Waals surface area contributed by atoms with Crippen molar-refractivity contribution in [2.24, 2.45) is 0 Å². The highest BCUT2D eigenvalue weighted by Gasteiger charge is 2.19. The van der Waals surface area contributed by atoms with Crippen LogP contribution in [0.1, 0.15) is 252 Å². The van der Waals surface area contributed by atoms with E-state index in [1.165, 1.54) is 103 Å². The number of unbranched alkanes of at least 4 members (excludes halogenated alkanes) is 25. The summed E-state index contributed by atoms with van der Waals surface area (Å²) in [6, 6.07) is 0. The lowest BCUT2D eigenvalue weighted by Crippen LogP contribution is -2.30. The maximum Gasteiger partial charge on any atom is 0.306 e. The van der Waals surface area contributed by atoms with Gasteiger partial charge in [0, 0.05) is 19.3 Å². The van der Waals surface area contributed by atoms with E-state index in [2.05, 4.69) is 81.5 Å². The molecule has 61 heavy (non-hydrogen) atoms. The molecule has 0 aromatic carbocycles. The van der Waals surface area contributed by atoms with Crippen LogP contribution in [-0.4, -0.2) is 37.2 Å². The van der Waals surface area contributed by atoms with E-state index in [1.54, 1.807) is 0 Å². The third kappa shape index (κ3) is 48.0. The van der Waals surface area contributed by atoms with Crippen molar-refractivity contribution in [3.63, 3.8) is 0 Å². The molecule has 0 saturated heterocycles. The van der Waals surface area contributed by atoms with Gasteiger partial charge in [-0.1, -0.05) is 210 Å². The van der Waals surface area contributed by atoms with Gasteiger partial charge in [0.25, 0.3) is 0 Å². The van der Waals surface area contributed by atoms with E-state index in [4.69, 9.17) is 14.2 Å². The Kier molecular flexibility index (Phi) is 47.4. The average molecular weight is 853 g/mol. The Morgan fingerprint density at radius 2 is 0.639 bits per heavy atom. The summed E-state index contributed by atoms with van der Waals surface area (Å²) in [6.07, 6.45) is 60.5. The molecule has 0 bridgehead atoms. The Bertz CT molecular complexity index is 1120. The molecule has 1 atom stereocenters. The van der Waals surface area contributed by atoms with Gasteiger partial charge < -0.3 is 14.2 Å². The lowest BCUT2D eigenvalue weighted by molar-refractivity contribution is -0.167. The van der Waals surface area contributed by atoms with Crippen molar-refractivity contribution in [3.05, 3.63) is 60.8 Å². The van der Waals surface area contributed by atoms with Crippen molar-refractivity contribution in [2.75, 3.05) is 13.2 Å². The normalized spacial score (nSPS) is 12.5. The fraction of sp³-hybridized carbons (Fsp3) is 0.764. The van der Waals surface area contributed by atoms with Gasteiger partial charge in [-0.25, -0.2) is 0 Å². The molecule has 6 heteroatoms. The first-order valence-corrected chi connectivity index (χ1v) is 25.8. The number of carbonyl (C=O) groups excluding carboxylic acids is 3. The summed E-state index contributed by atoms with van der Waals surface area (Å²) < 4.78 is 16.8. The molecule has 0 aliphatic rings. The molecule has 1 unspecified atom stereocenters. The topological polar surface area (TPSA) is 78.9 Å². The minimum atomic E-state index is -0.783. The Morgan fingerprint density at radius 3 is 1.03 bits per heavy atom. The molecular weight excluding hydrogens is 757 g/mol. The van der Waals surface area contributed by atoms with Gasteiger partial charge in [0.2, 0.25) is 0 Å². The van der Waals surface area contributed by atoms with E-state index < -0.39 is 6.10 Å². The molecule has 0 amide bonds. The van der Waals surface area contributed by atoms with Crippen molar-refractivity contribution in [1.82, 2.24) is 0 Å². The molecule has 0 aromatic rings. The minimum Gasteiger partial charge on any atom is -0.462 e. The first-order chi connectivity index (χ1) is 30.0. The molecular formula is C55H96O6. The molecule has 6 nitrogen and oxygen atoms in total. The molecule has 0 fully saturated rings. The molecule has 0 saturated carbocycles. The van der Waals surface area contributed by atoms with Gasteiger partial charge in [0.05, 0.1) is 0 Å². The van der Waals surface area contributed by atoms with Gasteiger partial charge in [0.1, 0.15) is 13.2 Å². The van der Waals surface area contributed by atoms with E-state index in [9.17, 15) is 14.4 Å². The molecule has 352 valence electrons. The molecule has 0 radical (unpaired) electrons. The van der Waals surface area contributed by atoms with E-state index in [0.717, 1.165) is 109 Å². The minimum absolute atomic E-state index is 0.0823. The maximum atomic E-state index is 12.8. The monoisotopic (exact) mass is 853 g/mol. The Balaban J connectivity index is 4.39. The smallest absolute Gasteiger partial charge is 0.306 e. The van der Waals surface area contributed by atoms with Crippen LogP contribution in [-0.2, 0) is 28.6 Å². The number of hydrogen-bond donors (Lipinski definition) is 0. The number of ether oxygens (including phenoxy) is 3. The third-order valence-corrected chi connectivity index (χ3v) is 11.0. The zero-order chi connectivity index (χ0) is 44.4. The van der Waals surface area contributed by atoms with Crippen LogP contribution >= 0.6 is 0 Å². The highest BCUT2D eigenvalue weighted by Crippen LogP contribution is 2.15. The van der Waals surface area contributed by atoms with E-state index in [-0.39, 0.29) is 31.1 Å². The predicted molar refractivity (Wildman–Crippen MR) is 261 cm³/mol. The predicted octanol–water partition coefficient (Wildman–Crippen LogP) is 16.9. The van der Waals surface area contributed by atoms with Crippen molar-refractivity contribution >= 4 is 17.9 Å². The number of esters is 3. The molecule has 0 heterocycles. The van der Waals surface area contributed by atoms with E-state index in [0.29, 0.717) is 19.3 Å². The summed E-state index contributed by atoms with van der Waals surface area (Å²) in [4.78, 5) is 37.9. The summed E-state index contributed by atoms with van der Waals surface area (Å²) in [5, 5.41) is 0. The summed E-state index contributed by atoms with van der Waals surface area (Å²) in [5.74, 6) is -0.904. The van der Waals surface area contributed by atoms with Gasteiger partial charge in [-0.15, -0.1) is 0 Å². The van der Waals surface area contributed by atoms with Crippen LogP contribution in [0.3, 0.4) is 0 Å². The Morgan fingerprint density at radius 1 is 0.344 bits per heavy atom. The maximum absolute atomic E-state index is 12.8. The Hall–Kier alpha value is -2.89. The van der Waals surface area contributed by atoms with Crippen molar-refractivity contribution in [3.8, 4) is 0 Å². The van der Waals surface area contributed by atoms with Crippen LogP contribution < -0.4 is 0 Å². The summed E-state index contributed by atoms with van der Waals surface area (Å²) in [6.45, 7) is 6.48. The zero-order valence-corrected chi connectivity index (χ0v) is 40.2. The van der Waals surface area contributed by atoms with Crippen molar-refractivity contribution in [2.45, 2.75) is 258 Å². The van der Waals surface area contributed by atoms with Gasteiger partial charge >= 0.3 is 17.9 Å². The lowest BCUT2D eigenvalue weighted by atomic mass is 10.1. The number of allylic oxidation sites excluding steroid dienone is 10. The van der Waals surface area contributed by atoms with Crippen LogP contribution in [0.4, 0.5) is 0 Å². The highest BCUT2D eigenvalue weighted by atomic mass is 16.6. The SMILES string of the molecule is CC/C=C\C/C=C\C/C=C\CCCCCCCC(=O)OC(COC(=O)CCCCCCCCC/C=C\C/C=C\CCCCC)COC(=O)CCCCCCCCCCCCC. The standard InChI is InChI=1S/C55H96O6/c1-4-7-10-13-16-19-22-24-26-27-29-30-33-36-39-42-45-48-54(57)60-51-52(50-59-53(56)47-44-41-38-35-32-21-18-15-12-9-6-3)61-55(58)49-46-43-40-37-34-31-28-25-23-20-17-14-11-8-5-2/h8,11,16-17,19-20,24-26,28,52H,4-7,9-10,12-15,18,21-23,27,29-51H2,1-3H3/b11-8-,19-16-,20-17-,26-24-,28-25-. The van der Waals surface area contributed by atoms with Crippen LogP contribution in [0.25, 0.3) is 0 Å². The molecule has 0 spiro atoms. The first-order valence-electron chi connectivity index (χ1n) is 25.8. The fourth-order valence-corrected chi connectivity index (χ4v) is 7.13. The fourth-order valence-electron chi connectivity index (χ4n) is 7.13. The van der Waals surface area contributed by atoms with Gasteiger partial charge in [-0.05, 0) is 83.5 Å². The van der Waals surface area contributed by atoms with Crippen LogP contribution in [0.2, 0.25) is 0 Å². The number of hydrogen-bond acceptors (Lipinski definition) is 6. The number of carbonyl (C=O) groups is 3. The summed E-state index contributed by atoms with van der Waals surface area (Å²) in [5.41, 5.74) is 0. The molecule has 0 aliphatic heterocycles. The van der Waals surface area contributed by atoms with Crippen LogP contribution in [0.5, 0.6) is 0 Å². The van der Waals surface area contributed by atoms with Gasteiger partial charge in [-0.3, -0.25) is 14.4 Å². The molecule has 0 rings (SSSR count). The van der Waals surface area contributed by atoms with Crippen LogP contribution in [0.15, 0.2) is 60.8 Å². The second-order valence-electron chi connectivity index (χ2n) is 17.1. The summed E-state index contributed by atoms with van der Waals surface area (Å²) >= 11 is 0. The van der Waals surface area contributed by atoms with E-state index in [1.807, 2.05) is 0 Å².